The van der Waals surface area contributed by atoms with E-state index in [0.29, 0.717) is 18.2 Å². The number of aryl methyl sites for hydroxylation is 1. The highest BCUT2D eigenvalue weighted by Gasteiger charge is 2.38. The normalized spacial score (nSPS) is 18.0. The van der Waals surface area contributed by atoms with Crippen LogP contribution in [0.15, 0.2) is 18.2 Å². The lowest BCUT2D eigenvalue weighted by atomic mass is 9.81. The molecular formula is C26H38N2O2. The van der Waals surface area contributed by atoms with Gasteiger partial charge in [-0.15, -0.1) is 0 Å². The largest absolute Gasteiger partial charge is 0.386 e. The summed E-state index contributed by atoms with van der Waals surface area (Å²) >= 11 is 0. The standard InChI is InChI=1S/C26H38N2O2/c1-25(2,18-12-13-18)17-21(29)10-5-6-11-24-27-22-15-14-19(26(3,4)30)16-23(22)28(24)20-8-7-9-20/h14-16,18,20,30H,5-13,17H2,1-4H3. The summed E-state index contributed by atoms with van der Waals surface area (Å²) in [6, 6.07) is 6.69. The molecular weight excluding hydrogens is 372 g/mol. The summed E-state index contributed by atoms with van der Waals surface area (Å²) in [6.45, 7) is 8.18. The number of unbranched alkanes of at least 4 members (excludes halogenated alkanes) is 1. The van der Waals surface area contributed by atoms with E-state index in [1.54, 1.807) is 0 Å². The van der Waals surface area contributed by atoms with E-state index < -0.39 is 5.60 Å². The maximum atomic E-state index is 12.5. The molecule has 1 N–H and O–H groups in total. The average Bonchev–Trinajstić information content (AvgIpc) is 3.41. The number of rotatable bonds is 10. The van der Waals surface area contributed by atoms with E-state index in [1.165, 1.54) is 32.1 Å². The molecule has 4 heteroatoms. The maximum Gasteiger partial charge on any atom is 0.133 e. The first kappa shape index (κ1) is 21.5. The second-order valence-electron chi connectivity index (χ2n) is 10.9. The topological polar surface area (TPSA) is 55.1 Å². The smallest absolute Gasteiger partial charge is 0.133 e. The Morgan fingerprint density at radius 2 is 1.87 bits per heavy atom. The minimum atomic E-state index is -0.850. The van der Waals surface area contributed by atoms with Gasteiger partial charge < -0.3 is 9.67 Å². The van der Waals surface area contributed by atoms with Gasteiger partial charge in [0.1, 0.15) is 11.6 Å². The van der Waals surface area contributed by atoms with Gasteiger partial charge in [0.05, 0.1) is 16.6 Å². The van der Waals surface area contributed by atoms with E-state index in [-0.39, 0.29) is 5.41 Å². The monoisotopic (exact) mass is 410 g/mol. The van der Waals surface area contributed by atoms with Crippen LogP contribution in [0, 0.1) is 11.3 Å². The summed E-state index contributed by atoms with van der Waals surface area (Å²) in [7, 11) is 0. The number of hydrogen-bond donors (Lipinski definition) is 1. The number of ketones is 1. The first-order valence-corrected chi connectivity index (χ1v) is 11.9. The summed E-state index contributed by atoms with van der Waals surface area (Å²) in [6.07, 6.45) is 10.6. The summed E-state index contributed by atoms with van der Waals surface area (Å²) in [5.74, 6) is 2.33. The van der Waals surface area contributed by atoms with E-state index in [2.05, 4.69) is 24.5 Å². The summed E-state index contributed by atoms with van der Waals surface area (Å²) < 4.78 is 2.42. The highest BCUT2D eigenvalue weighted by atomic mass is 16.3. The van der Waals surface area contributed by atoms with Crippen LogP contribution in [0.5, 0.6) is 0 Å². The molecule has 2 aliphatic carbocycles. The number of hydrogen-bond acceptors (Lipinski definition) is 3. The molecule has 1 heterocycles. The fourth-order valence-electron chi connectivity index (χ4n) is 4.96. The highest BCUT2D eigenvalue weighted by Crippen LogP contribution is 2.47. The number of nitrogens with zero attached hydrogens (tertiary/aromatic N) is 2. The van der Waals surface area contributed by atoms with Crippen molar-refractivity contribution in [2.24, 2.45) is 11.3 Å². The van der Waals surface area contributed by atoms with Crippen LogP contribution in [0.25, 0.3) is 11.0 Å². The third-order valence-corrected chi connectivity index (χ3v) is 7.35. The van der Waals surface area contributed by atoms with E-state index in [1.807, 2.05) is 26.0 Å². The molecule has 0 radical (unpaired) electrons. The van der Waals surface area contributed by atoms with E-state index in [9.17, 15) is 9.90 Å². The number of aromatic nitrogens is 2. The number of imidazole rings is 1. The Kier molecular flexibility index (Phi) is 5.82. The average molecular weight is 411 g/mol. The maximum absolute atomic E-state index is 12.5. The second-order valence-corrected chi connectivity index (χ2v) is 10.9. The van der Waals surface area contributed by atoms with Gasteiger partial charge in [0.2, 0.25) is 0 Å². The van der Waals surface area contributed by atoms with Crippen molar-refractivity contribution in [3.63, 3.8) is 0 Å². The van der Waals surface area contributed by atoms with Crippen LogP contribution < -0.4 is 0 Å². The van der Waals surface area contributed by atoms with Crippen molar-refractivity contribution in [1.29, 1.82) is 0 Å². The molecule has 2 fully saturated rings. The van der Waals surface area contributed by atoms with Gasteiger partial charge in [-0.1, -0.05) is 19.9 Å². The molecule has 30 heavy (non-hydrogen) atoms. The zero-order valence-corrected chi connectivity index (χ0v) is 19.2. The van der Waals surface area contributed by atoms with E-state index in [4.69, 9.17) is 4.98 Å². The van der Waals surface area contributed by atoms with Crippen LogP contribution >= 0.6 is 0 Å². The molecule has 2 aromatic rings. The van der Waals surface area contributed by atoms with Crippen LogP contribution in [-0.2, 0) is 16.8 Å². The molecule has 4 rings (SSSR count). The van der Waals surface area contributed by atoms with E-state index >= 15 is 0 Å². The van der Waals surface area contributed by atoms with Gasteiger partial charge in [-0.2, -0.15) is 0 Å². The van der Waals surface area contributed by atoms with Crippen molar-refractivity contribution in [1.82, 2.24) is 9.55 Å². The Morgan fingerprint density at radius 3 is 2.47 bits per heavy atom. The Labute approximate surface area is 181 Å². The number of benzene rings is 1. The zero-order valence-electron chi connectivity index (χ0n) is 19.2. The number of aliphatic hydroxyl groups is 1. The van der Waals surface area contributed by atoms with Crippen molar-refractivity contribution in [3.8, 4) is 0 Å². The van der Waals surface area contributed by atoms with Gasteiger partial charge in [0, 0.05) is 25.3 Å². The predicted molar refractivity (Wildman–Crippen MR) is 122 cm³/mol. The molecule has 0 amide bonds. The number of carbonyl (C=O) groups excluding carboxylic acids is 1. The molecule has 2 aliphatic rings. The first-order valence-electron chi connectivity index (χ1n) is 11.9. The highest BCUT2D eigenvalue weighted by molar-refractivity contribution is 5.79. The Balaban J connectivity index is 1.41. The Morgan fingerprint density at radius 1 is 1.13 bits per heavy atom. The van der Waals surface area contributed by atoms with Crippen LogP contribution in [0.2, 0.25) is 0 Å². The number of Topliss-reactive ketones (excluding diaryl/α,β-unsaturated/α-hetero) is 1. The van der Waals surface area contributed by atoms with Crippen molar-refractivity contribution < 1.29 is 9.90 Å². The van der Waals surface area contributed by atoms with Crippen LogP contribution in [0.4, 0.5) is 0 Å². The zero-order chi connectivity index (χ0) is 21.5. The van der Waals surface area contributed by atoms with Gasteiger partial charge >= 0.3 is 0 Å². The lowest BCUT2D eigenvalue weighted by Gasteiger charge is -2.29. The van der Waals surface area contributed by atoms with Crippen LogP contribution in [-0.4, -0.2) is 20.4 Å². The van der Waals surface area contributed by atoms with Gasteiger partial charge in [0.15, 0.2) is 0 Å². The summed E-state index contributed by atoms with van der Waals surface area (Å²) in [5.41, 5.74) is 2.44. The van der Waals surface area contributed by atoms with Crippen molar-refractivity contribution in [2.75, 3.05) is 0 Å². The quantitative estimate of drug-likeness (QED) is 0.482. The molecule has 0 aliphatic heterocycles. The van der Waals surface area contributed by atoms with Crippen LogP contribution in [0.1, 0.15) is 103 Å². The molecule has 0 unspecified atom stereocenters. The lowest BCUT2D eigenvalue weighted by Crippen LogP contribution is -2.20. The Bertz CT molecular complexity index is 911. The molecule has 1 aromatic carbocycles. The number of fused-ring (bicyclic) bond motifs is 1. The molecule has 4 nitrogen and oxygen atoms in total. The fraction of sp³-hybridized carbons (Fsp3) is 0.692. The third-order valence-electron chi connectivity index (χ3n) is 7.35. The predicted octanol–water partition coefficient (Wildman–Crippen LogP) is 6.10. The first-order chi connectivity index (χ1) is 14.1. The molecule has 0 bridgehead atoms. The molecule has 164 valence electrons. The van der Waals surface area contributed by atoms with Crippen molar-refractivity contribution in [2.45, 2.75) is 104 Å². The second kappa shape index (κ2) is 8.11. The van der Waals surface area contributed by atoms with E-state index in [0.717, 1.165) is 54.0 Å². The van der Waals surface area contributed by atoms with Gasteiger partial charge in [-0.3, -0.25) is 4.79 Å². The molecule has 2 saturated carbocycles. The fourth-order valence-corrected chi connectivity index (χ4v) is 4.96. The van der Waals surface area contributed by atoms with Crippen molar-refractivity contribution in [3.05, 3.63) is 29.6 Å². The molecule has 0 saturated heterocycles. The lowest BCUT2D eigenvalue weighted by molar-refractivity contribution is -0.121. The van der Waals surface area contributed by atoms with Gasteiger partial charge in [-0.05, 0) is 87.8 Å². The van der Waals surface area contributed by atoms with Crippen LogP contribution in [0.3, 0.4) is 0 Å². The minimum absolute atomic E-state index is 0.188. The number of carbonyl (C=O) groups is 1. The molecule has 0 spiro atoms. The SMILES string of the molecule is CC(C)(O)c1ccc2nc(CCCCC(=O)CC(C)(C)C3CC3)n(C3CCC3)c2c1. The summed E-state index contributed by atoms with van der Waals surface area (Å²) in [5, 5.41) is 10.4. The Hall–Kier alpha value is -1.68. The van der Waals surface area contributed by atoms with Gasteiger partial charge in [-0.25, -0.2) is 4.98 Å². The van der Waals surface area contributed by atoms with Gasteiger partial charge in [0.25, 0.3) is 0 Å². The van der Waals surface area contributed by atoms with Crippen molar-refractivity contribution >= 4 is 16.8 Å². The minimum Gasteiger partial charge on any atom is -0.386 e. The third kappa shape index (κ3) is 4.64. The summed E-state index contributed by atoms with van der Waals surface area (Å²) in [4.78, 5) is 17.4. The molecule has 1 aromatic heterocycles. The molecule has 0 atom stereocenters.